The maximum absolute atomic E-state index is 10.3. The molecule has 2 aliphatic rings. The summed E-state index contributed by atoms with van der Waals surface area (Å²) in [5, 5.41) is 26.4. The molecule has 3 N–H and O–H groups in total. The van der Waals surface area contributed by atoms with Crippen molar-refractivity contribution in [1.82, 2.24) is 9.80 Å². The molecule has 1 unspecified atom stereocenters. The van der Waals surface area contributed by atoms with Crippen molar-refractivity contribution >= 4 is 0 Å². The minimum atomic E-state index is -0.694. The van der Waals surface area contributed by atoms with Crippen molar-refractivity contribution in [2.45, 2.75) is 59.7 Å². The normalized spacial score (nSPS) is 17.9. The van der Waals surface area contributed by atoms with Gasteiger partial charge in [-0.05, 0) is 54.2 Å². The van der Waals surface area contributed by atoms with Crippen LogP contribution < -0.4 is 0 Å². The highest BCUT2D eigenvalue weighted by molar-refractivity contribution is 5.35. The predicted molar refractivity (Wildman–Crippen MR) is 125 cm³/mol. The number of hydrogen-bond acceptors (Lipinski definition) is 5. The van der Waals surface area contributed by atoms with Gasteiger partial charge in [0.05, 0.1) is 0 Å². The lowest BCUT2D eigenvalue weighted by atomic mass is 9.96. The largest absolute Gasteiger partial charge is 0.400 e. The fourth-order valence-corrected chi connectivity index (χ4v) is 3.77. The molecule has 0 saturated heterocycles. The van der Waals surface area contributed by atoms with E-state index in [1.807, 2.05) is 43.2 Å². The highest BCUT2D eigenvalue weighted by atomic mass is 16.3. The van der Waals surface area contributed by atoms with E-state index < -0.39 is 6.23 Å². The summed E-state index contributed by atoms with van der Waals surface area (Å²) in [5.41, 5.74) is 6.61. The molecule has 0 saturated carbocycles. The van der Waals surface area contributed by atoms with Crippen LogP contribution in [-0.2, 0) is 19.4 Å². The zero-order chi connectivity index (χ0) is 22.5. The molecule has 5 nitrogen and oxygen atoms in total. The predicted octanol–water partition coefficient (Wildman–Crippen LogP) is 3.60. The third-order valence-corrected chi connectivity index (χ3v) is 5.27. The molecule has 2 heterocycles. The number of benzene rings is 1. The maximum Gasteiger partial charge on any atom is 0.132 e. The van der Waals surface area contributed by atoms with E-state index in [0.29, 0.717) is 6.42 Å². The Labute approximate surface area is 182 Å². The van der Waals surface area contributed by atoms with Gasteiger partial charge >= 0.3 is 0 Å². The molecule has 0 fully saturated rings. The fourth-order valence-electron chi connectivity index (χ4n) is 3.77. The van der Waals surface area contributed by atoms with Gasteiger partial charge in [-0.3, -0.25) is 4.90 Å². The van der Waals surface area contributed by atoms with E-state index in [4.69, 9.17) is 10.2 Å². The van der Waals surface area contributed by atoms with Crippen LogP contribution in [-0.4, -0.2) is 58.2 Å². The summed E-state index contributed by atoms with van der Waals surface area (Å²) in [4.78, 5) is 4.33. The molecule has 0 aromatic heterocycles. The summed E-state index contributed by atoms with van der Waals surface area (Å²) < 4.78 is 0. The summed E-state index contributed by atoms with van der Waals surface area (Å²) in [6, 6.07) is 6.89. The minimum Gasteiger partial charge on any atom is -0.400 e. The average molecular weight is 417 g/mol. The van der Waals surface area contributed by atoms with Crippen LogP contribution in [0.3, 0.4) is 0 Å². The molecule has 3 rings (SSSR count). The van der Waals surface area contributed by atoms with Crippen molar-refractivity contribution in [3.8, 4) is 0 Å². The third-order valence-electron chi connectivity index (χ3n) is 5.27. The quantitative estimate of drug-likeness (QED) is 0.661. The second kappa shape index (κ2) is 14.1. The van der Waals surface area contributed by atoms with E-state index in [2.05, 4.69) is 36.9 Å². The van der Waals surface area contributed by atoms with E-state index in [9.17, 15) is 5.11 Å². The van der Waals surface area contributed by atoms with Crippen molar-refractivity contribution in [2.75, 3.05) is 26.8 Å². The molecule has 1 atom stereocenters. The Bertz CT molecular complexity index is 725. The standard InChI is InChI=1S/C22H30N2O2.C2H6.CH4O/c1-3-18-7-8-20-16-23(12-9-19(20)14-18)15-17(2)21-6-4-5-11-24(21)22(26)10-13-25;2*1-2/h4-8,11,14,22,25-26H,3,9-10,12-13,15-16H2,1-2H3;1-2H3;2H,1H3/b21-17+;;. The Morgan fingerprint density at radius 2 is 1.87 bits per heavy atom. The Kier molecular flexibility index (Phi) is 12.3. The molecule has 2 aliphatic heterocycles. The highest BCUT2D eigenvalue weighted by Crippen LogP contribution is 2.24. The van der Waals surface area contributed by atoms with E-state index in [0.717, 1.165) is 45.3 Å². The Morgan fingerprint density at radius 3 is 2.53 bits per heavy atom. The molecule has 0 aliphatic carbocycles. The Morgan fingerprint density at radius 1 is 1.13 bits per heavy atom. The van der Waals surface area contributed by atoms with Gasteiger partial charge in [-0.25, -0.2) is 0 Å². The van der Waals surface area contributed by atoms with Gasteiger partial charge < -0.3 is 20.2 Å². The van der Waals surface area contributed by atoms with Gasteiger partial charge in [0.2, 0.25) is 0 Å². The second-order valence-corrected chi connectivity index (χ2v) is 7.18. The van der Waals surface area contributed by atoms with Gasteiger partial charge in [-0.1, -0.05) is 45.0 Å². The summed E-state index contributed by atoms with van der Waals surface area (Å²) in [6.07, 6.45) is 9.68. The van der Waals surface area contributed by atoms with E-state index in [1.54, 1.807) is 0 Å². The lowest BCUT2D eigenvalue weighted by Crippen LogP contribution is -2.35. The zero-order valence-corrected chi connectivity index (χ0v) is 19.3. The number of allylic oxidation sites excluding steroid dienone is 3. The van der Waals surface area contributed by atoms with E-state index in [1.165, 1.54) is 22.3 Å². The zero-order valence-electron chi connectivity index (χ0n) is 19.3. The molecule has 168 valence electrons. The van der Waals surface area contributed by atoms with Crippen molar-refractivity contribution in [1.29, 1.82) is 0 Å². The van der Waals surface area contributed by atoms with Crippen LogP contribution in [0.25, 0.3) is 0 Å². The summed E-state index contributed by atoms with van der Waals surface area (Å²) in [5.74, 6) is 0. The smallest absolute Gasteiger partial charge is 0.132 e. The second-order valence-electron chi connectivity index (χ2n) is 7.18. The van der Waals surface area contributed by atoms with E-state index in [-0.39, 0.29) is 6.61 Å². The Hall–Kier alpha value is -1.92. The number of rotatable bonds is 6. The van der Waals surface area contributed by atoms with Crippen LogP contribution in [0.1, 0.15) is 50.8 Å². The first-order chi connectivity index (χ1) is 14.6. The first-order valence-electron chi connectivity index (χ1n) is 11.0. The van der Waals surface area contributed by atoms with Crippen molar-refractivity contribution < 1.29 is 15.3 Å². The lowest BCUT2D eigenvalue weighted by Gasteiger charge is -2.33. The van der Waals surface area contributed by atoms with Gasteiger partial charge in [-0.15, -0.1) is 0 Å². The number of hydrogen-bond donors (Lipinski definition) is 3. The van der Waals surface area contributed by atoms with Crippen molar-refractivity contribution in [3.63, 3.8) is 0 Å². The number of fused-ring (bicyclic) bond motifs is 1. The molecule has 0 spiro atoms. The number of aliphatic hydroxyl groups is 3. The number of aryl methyl sites for hydroxylation is 1. The number of aliphatic hydroxyl groups excluding tert-OH is 3. The summed E-state index contributed by atoms with van der Waals surface area (Å²) in [6.45, 7) is 11.2. The van der Waals surface area contributed by atoms with Gasteiger partial charge in [0.15, 0.2) is 0 Å². The summed E-state index contributed by atoms with van der Waals surface area (Å²) in [7, 11) is 1.00. The molecule has 0 bridgehead atoms. The number of nitrogens with zero attached hydrogens (tertiary/aromatic N) is 2. The van der Waals surface area contributed by atoms with Gasteiger partial charge in [-0.2, -0.15) is 0 Å². The average Bonchev–Trinajstić information content (AvgIpc) is 2.81. The van der Waals surface area contributed by atoms with Gasteiger partial charge in [0.1, 0.15) is 6.23 Å². The first kappa shape index (κ1) is 26.1. The monoisotopic (exact) mass is 416 g/mol. The van der Waals surface area contributed by atoms with E-state index >= 15 is 0 Å². The first-order valence-corrected chi connectivity index (χ1v) is 11.0. The summed E-state index contributed by atoms with van der Waals surface area (Å²) >= 11 is 0. The van der Waals surface area contributed by atoms with Crippen LogP contribution in [0.2, 0.25) is 0 Å². The van der Waals surface area contributed by atoms with Gasteiger partial charge in [0, 0.05) is 51.7 Å². The molecule has 1 aromatic carbocycles. The van der Waals surface area contributed by atoms with Crippen molar-refractivity contribution in [2.24, 2.45) is 0 Å². The third kappa shape index (κ3) is 7.10. The fraction of sp³-hybridized carbons (Fsp3) is 0.520. The molecular weight excluding hydrogens is 376 g/mol. The van der Waals surface area contributed by atoms with Gasteiger partial charge in [0.25, 0.3) is 0 Å². The molecule has 5 heteroatoms. The SMILES string of the molecule is CC.CCc1ccc2c(c1)CCN(C/C(C)=C1\C=CC=CN1C(O)CCO)C2.CO. The molecule has 1 aromatic rings. The van der Waals surface area contributed by atoms with Crippen LogP contribution in [0, 0.1) is 0 Å². The topological polar surface area (TPSA) is 67.2 Å². The van der Waals surface area contributed by atoms with Crippen LogP contribution in [0.5, 0.6) is 0 Å². The van der Waals surface area contributed by atoms with Crippen LogP contribution >= 0.6 is 0 Å². The molecule has 0 radical (unpaired) electrons. The molecule has 0 amide bonds. The van der Waals surface area contributed by atoms with Crippen LogP contribution in [0.15, 0.2) is 53.9 Å². The minimum absolute atomic E-state index is 0.0236. The molecular formula is C25H40N2O3. The van der Waals surface area contributed by atoms with Crippen molar-refractivity contribution in [3.05, 3.63) is 70.6 Å². The highest BCUT2D eigenvalue weighted by Gasteiger charge is 2.21. The maximum atomic E-state index is 10.3. The molecule has 30 heavy (non-hydrogen) atoms. The lowest BCUT2D eigenvalue weighted by molar-refractivity contribution is 0.0377. The van der Waals surface area contributed by atoms with Crippen LogP contribution in [0.4, 0.5) is 0 Å². The Balaban J connectivity index is 0.00000106.